The van der Waals surface area contributed by atoms with Crippen LogP contribution in [0.4, 0.5) is 17.6 Å². The van der Waals surface area contributed by atoms with Gasteiger partial charge in [-0.2, -0.15) is 18.4 Å². The average molecular weight is 263 g/mol. The largest absolute Gasteiger partial charge is 0.488 e. The van der Waals surface area contributed by atoms with Crippen molar-refractivity contribution in [2.75, 3.05) is 19.8 Å². The number of nitriles is 1. The molecule has 0 bridgehead atoms. The Morgan fingerprint density at radius 2 is 1.94 bits per heavy atom. The molecule has 0 fully saturated rings. The number of benzene rings is 1. The van der Waals surface area contributed by atoms with Crippen LogP contribution in [0.1, 0.15) is 5.56 Å². The lowest BCUT2D eigenvalue weighted by molar-refractivity contribution is -0.175. The van der Waals surface area contributed by atoms with Crippen LogP contribution < -0.4 is 4.74 Å². The maximum Gasteiger partial charge on any atom is 0.411 e. The predicted molar refractivity (Wildman–Crippen MR) is 53.5 cm³/mol. The summed E-state index contributed by atoms with van der Waals surface area (Å²) in [7, 11) is 0. The summed E-state index contributed by atoms with van der Waals surface area (Å²) >= 11 is 0. The molecule has 1 aromatic rings. The molecule has 3 nitrogen and oxygen atoms in total. The molecule has 98 valence electrons. The summed E-state index contributed by atoms with van der Waals surface area (Å²) in [5, 5.41) is 8.49. The van der Waals surface area contributed by atoms with E-state index in [2.05, 4.69) is 4.74 Å². The molecule has 0 spiro atoms. The number of nitrogens with zero attached hydrogens (tertiary/aromatic N) is 1. The molecule has 1 rings (SSSR count). The Morgan fingerprint density at radius 1 is 1.22 bits per heavy atom. The van der Waals surface area contributed by atoms with E-state index in [0.717, 1.165) is 6.07 Å². The normalized spacial score (nSPS) is 11.1. The lowest BCUT2D eigenvalue weighted by atomic mass is 10.2. The van der Waals surface area contributed by atoms with Gasteiger partial charge in [-0.05, 0) is 18.2 Å². The van der Waals surface area contributed by atoms with Crippen molar-refractivity contribution in [3.05, 3.63) is 29.6 Å². The molecule has 7 heteroatoms. The number of hydrogen-bond acceptors (Lipinski definition) is 3. The van der Waals surface area contributed by atoms with Crippen LogP contribution in [-0.4, -0.2) is 26.0 Å². The van der Waals surface area contributed by atoms with Crippen molar-refractivity contribution in [3.63, 3.8) is 0 Å². The van der Waals surface area contributed by atoms with Crippen LogP contribution in [0, 0.1) is 17.1 Å². The van der Waals surface area contributed by atoms with E-state index in [1.807, 2.05) is 0 Å². The summed E-state index contributed by atoms with van der Waals surface area (Å²) in [4.78, 5) is 0. The Labute approximate surface area is 101 Å². The summed E-state index contributed by atoms with van der Waals surface area (Å²) in [6.45, 7) is -1.88. The van der Waals surface area contributed by atoms with Gasteiger partial charge in [-0.15, -0.1) is 0 Å². The third kappa shape index (κ3) is 5.01. The first-order chi connectivity index (χ1) is 8.42. The van der Waals surface area contributed by atoms with Gasteiger partial charge in [0, 0.05) is 0 Å². The van der Waals surface area contributed by atoms with Crippen LogP contribution >= 0.6 is 0 Å². The summed E-state index contributed by atoms with van der Waals surface area (Å²) < 4.78 is 57.5. The molecule has 0 aliphatic heterocycles. The number of ether oxygens (including phenoxy) is 2. The molecule has 0 radical (unpaired) electrons. The first-order valence-electron chi connectivity index (χ1n) is 4.89. The van der Waals surface area contributed by atoms with E-state index in [1.54, 1.807) is 6.07 Å². The molecule has 0 aliphatic rings. The molecular formula is C11H9F4NO2. The van der Waals surface area contributed by atoms with Gasteiger partial charge >= 0.3 is 6.18 Å². The van der Waals surface area contributed by atoms with Crippen molar-refractivity contribution < 1.29 is 27.0 Å². The smallest absolute Gasteiger partial charge is 0.411 e. The SMILES string of the molecule is N#Cc1ccc(OCCOCC(F)(F)F)c(F)c1. The van der Waals surface area contributed by atoms with Crippen molar-refractivity contribution in [1.82, 2.24) is 0 Å². The first kappa shape index (κ1) is 14.3. The number of rotatable bonds is 5. The van der Waals surface area contributed by atoms with E-state index in [9.17, 15) is 17.6 Å². The van der Waals surface area contributed by atoms with Crippen molar-refractivity contribution >= 4 is 0 Å². The second kappa shape index (κ2) is 6.21. The zero-order valence-corrected chi connectivity index (χ0v) is 9.13. The predicted octanol–water partition coefficient (Wildman–Crippen LogP) is 2.66. The zero-order chi connectivity index (χ0) is 13.6. The fourth-order valence-corrected chi connectivity index (χ4v) is 1.09. The minimum Gasteiger partial charge on any atom is -0.488 e. The Morgan fingerprint density at radius 3 is 2.50 bits per heavy atom. The number of hydrogen-bond donors (Lipinski definition) is 0. The molecule has 18 heavy (non-hydrogen) atoms. The van der Waals surface area contributed by atoms with Crippen LogP contribution in [0.5, 0.6) is 5.75 Å². The van der Waals surface area contributed by atoms with Crippen LogP contribution in [-0.2, 0) is 4.74 Å². The first-order valence-corrected chi connectivity index (χ1v) is 4.89. The van der Waals surface area contributed by atoms with Crippen molar-refractivity contribution in [2.45, 2.75) is 6.18 Å². The summed E-state index contributed by atoms with van der Waals surface area (Å²) in [5.41, 5.74) is 0.133. The van der Waals surface area contributed by atoms with E-state index < -0.39 is 18.6 Å². The lowest BCUT2D eigenvalue weighted by Crippen LogP contribution is -2.19. The van der Waals surface area contributed by atoms with E-state index in [4.69, 9.17) is 10.00 Å². The Bertz CT molecular complexity index is 440. The highest BCUT2D eigenvalue weighted by molar-refractivity contribution is 5.35. The van der Waals surface area contributed by atoms with E-state index >= 15 is 0 Å². The maximum atomic E-state index is 13.2. The molecule has 0 saturated heterocycles. The lowest BCUT2D eigenvalue weighted by Gasteiger charge is -2.09. The summed E-state index contributed by atoms with van der Waals surface area (Å²) in [6, 6.07) is 5.30. The topological polar surface area (TPSA) is 42.2 Å². The third-order valence-corrected chi connectivity index (χ3v) is 1.81. The highest BCUT2D eigenvalue weighted by Gasteiger charge is 2.27. The molecule has 0 aromatic heterocycles. The van der Waals surface area contributed by atoms with Crippen LogP contribution in [0.25, 0.3) is 0 Å². The van der Waals surface area contributed by atoms with Crippen molar-refractivity contribution in [1.29, 1.82) is 5.26 Å². The van der Waals surface area contributed by atoms with Gasteiger partial charge < -0.3 is 9.47 Å². The van der Waals surface area contributed by atoms with Gasteiger partial charge in [0.25, 0.3) is 0 Å². The second-order valence-corrected chi connectivity index (χ2v) is 3.27. The molecular weight excluding hydrogens is 254 g/mol. The summed E-state index contributed by atoms with van der Waals surface area (Å²) in [6.07, 6.45) is -4.39. The van der Waals surface area contributed by atoms with Crippen molar-refractivity contribution in [2.24, 2.45) is 0 Å². The standard InChI is InChI=1S/C11H9F4NO2/c12-9-5-8(6-16)1-2-10(9)18-4-3-17-7-11(13,14)15/h1-2,5H,3-4,7H2. The molecule has 0 saturated carbocycles. The van der Waals surface area contributed by atoms with E-state index in [0.29, 0.717) is 0 Å². The van der Waals surface area contributed by atoms with Gasteiger partial charge in [0.2, 0.25) is 0 Å². The van der Waals surface area contributed by atoms with Crippen molar-refractivity contribution in [3.8, 4) is 11.8 Å². The Kier molecular flexibility index (Phi) is 4.92. The number of alkyl halides is 3. The molecule has 0 unspecified atom stereocenters. The highest BCUT2D eigenvalue weighted by Crippen LogP contribution is 2.18. The van der Waals surface area contributed by atoms with Crippen LogP contribution in [0.2, 0.25) is 0 Å². The minimum atomic E-state index is -4.39. The molecule has 0 aliphatic carbocycles. The highest BCUT2D eigenvalue weighted by atomic mass is 19.4. The number of halogens is 4. The Hall–Kier alpha value is -1.81. The van der Waals surface area contributed by atoms with Gasteiger partial charge in [-0.25, -0.2) is 4.39 Å². The molecule has 1 aromatic carbocycles. The fraction of sp³-hybridized carbons (Fsp3) is 0.364. The molecule has 0 atom stereocenters. The fourth-order valence-electron chi connectivity index (χ4n) is 1.09. The van der Waals surface area contributed by atoms with Gasteiger partial charge in [-0.3, -0.25) is 0 Å². The van der Waals surface area contributed by atoms with Crippen LogP contribution in [0.3, 0.4) is 0 Å². The van der Waals surface area contributed by atoms with Gasteiger partial charge in [0.05, 0.1) is 18.2 Å². The molecule has 0 N–H and O–H groups in total. The van der Waals surface area contributed by atoms with E-state index in [1.165, 1.54) is 12.1 Å². The summed E-state index contributed by atoms with van der Waals surface area (Å²) in [5.74, 6) is -0.880. The van der Waals surface area contributed by atoms with Gasteiger partial charge in [0.15, 0.2) is 11.6 Å². The van der Waals surface area contributed by atoms with E-state index in [-0.39, 0.29) is 24.5 Å². The van der Waals surface area contributed by atoms with Crippen LogP contribution in [0.15, 0.2) is 18.2 Å². The monoisotopic (exact) mass is 263 g/mol. The molecule has 0 heterocycles. The average Bonchev–Trinajstić information content (AvgIpc) is 2.29. The van der Waals surface area contributed by atoms with Gasteiger partial charge in [-0.1, -0.05) is 0 Å². The maximum absolute atomic E-state index is 13.2. The second-order valence-electron chi connectivity index (χ2n) is 3.27. The quantitative estimate of drug-likeness (QED) is 0.605. The Balaban J connectivity index is 2.34. The van der Waals surface area contributed by atoms with Gasteiger partial charge in [0.1, 0.15) is 13.2 Å². The zero-order valence-electron chi connectivity index (χ0n) is 9.13. The molecule has 0 amide bonds. The minimum absolute atomic E-state index is 0.133. The third-order valence-electron chi connectivity index (χ3n) is 1.81.